The Morgan fingerprint density at radius 3 is 2.42 bits per heavy atom. The van der Waals surface area contributed by atoms with E-state index >= 15 is 0 Å². The summed E-state index contributed by atoms with van der Waals surface area (Å²) in [5.41, 5.74) is 2.12. The highest BCUT2D eigenvalue weighted by Crippen LogP contribution is 2.20. The second-order valence-electron chi connectivity index (χ2n) is 5.22. The van der Waals surface area contributed by atoms with Gasteiger partial charge in [0.2, 0.25) is 5.95 Å². The van der Waals surface area contributed by atoms with Gasteiger partial charge in [0, 0.05) is 24.5 Å². The van der Waals surface area contributed by atoms with Crippen molar-refractivity contribution in [3.05, 3.63) is 16.6 Å². The molecule has 0 aromatic carbocycles. The number of hydrogen-bond donors (Lipinski definition) is 1. The maximum atomic E-state index is 12.0. The number of amides is 1. The van der Waals surface area contributed by atoms with Crippen LogP contribution in [0.15, 0.2) is 10.9 Å². The van der Waals surface area contributed by atoms with Crippen molar-refractivity contribution in [1.29, 1.82) is 0 Å². The third-order valence-corrected chi connectivity index (χ3v) is 4.31. The van der Waals surface area contributed by atoms with Crippen molar-refractivity contribution in [2.45, 2.75) is 18.9 Å². The van der Waals surface area contributed by atoms with Crippen LogP contribution in [-0.4, -0.2) is 59.2 Å². The Kier molecular flexibility index (Phi) is 5.04. The number of nitrogens with zero attached hydrogens (tertiary/aromatic N) is 5. The molecule has 2 aromatic heterocycles. The Balaban J connectivity index is 1.60. The molecule has 3 rings (SSSR count). The van der Waals surface area contributed by atoms with E-state index in [1.165, 1.54) is 25.6 Å². The molecule has 1 fully saturated rings. The molecule has 1 N–H and O–H groups in total. The van der Waals surface area contributed by atoms with Gasteiger partial charge in [-0.3, -0.25) is 4.79 Å². The van der Waals surface area contributed by atoms with E-state index in [1.807, 2.05) is 4.90 Å². The van der Waals surface area contributed by atoms with Crippen LogP contribution in [0.4, 0.5) is 5.95 Å². The van der Waals surface area contributed by atoms with Gasteiger partial charge < -0.3 is 19.7 Å². The molecule has 0 bridgehead atoms. The first-order chi connectivity index (χ1) is 11.7. The molecule has 9 nitrogen and oxygen atoms in total. The number of rotatable bonds is 5. The number of ether oxygens (including phenoxy) is 2. The zero-order chi connectivity index (χ0) is 16.9. The summed E-state index contributed by atoms with van der Waals surface area (Å²) in [5.74, 6) is 0.390. The number of piperidine rings is 1. The van der Waals surface area contributed by atoms with Crippen LogP contribution in [0.5, 0.6) is 12.0 Å². The van der Waals surface area contributed by atoms with Crippen molar-refractivity contribution in [1.82, 2.24) is 25.3 Å². The van der Waals surface area contributed by atoms with E-state index in [1.54, 1.807) is 10.9 Å². The van der Waals surface area contributed by atoms with E-state index in [2.05, 4.69) is 25.3 Å². The highest BCUT2D eigenvalue weighted by atomic mass is 32.1. The van der Waals surface area contributed by atoms with Crippen LogP contribution in [0.2, 0.25) is 0 Å². The standard InChI is InChI=1S/C14H18N6O3S/c1-22-13-17-12(18-14(19-13)23-2)20-5-3-9(4-6-20)16-11(21)10-7-24-8-15-10/h7-9H,3-6H2,1-2H3,(H,16,21). The molecule has 0 saturated carbocycles. The molecule has 3 heterocycles. The van der Waals surface area contributed by atoms with Crippen LogP contribution in [0.1, 0.15) is 23.3 Å². The third-order valence-electron chi connectivity index (χ3n) is 3.73. The lowest BCUT2D eigenvalue weighted by atomic mass is 10.1. The highest BCUT2D eigenvalue weighted by molar-refractivity contribution is 7.07. The fraction of sp³-hybridized carbons (Fsp3) is 0.500. The van der Waals surface area contributed by atoms with Crippen LogP contribution >= 0.6 is 11.3 Å². The Bertz CT molecular complexity index is 666. The average molecular weight is 350 g/mol. The molecule has 2 aromatic rings. The maximum absolute atomic E-state index is 12.0. The summed E-state index contributed by atoms with van der Waals surface area (Å²) in [5, 5.41) is 4.76. The molecule has 24 heavy (non-hydrogen) atoms. The number of carbonyl (C=O) groups excluding carboxylic acids is 1. The quantitative estimate of drug-likeness (QED) is 0.842. The largest absolute Gasteiger partial charge is 0.467 e. The van der Waals surface area contributed by atoms with E-state index in [0.717, 1.165) is 25.9 Å². The number of carbonyl (C=O) groups is 1. The second kappa shape index (κ2) is 7.39. The summed E-state index contributed by atoms with van der Waals surface area (Å²) in [6, 6.07) is 0.549. The number of thiazole rings is 1. The predicted molar refractivity (Wildman–Crippen MR) is 87.7 cm³/mol. The molecule has 0 spiro atoms. The number of methoxy groups -OCH3 is 2. The van der Waals surface area contributed by atoms with Gasteiger partial charge in [-0.25, -0.2) is 4.98 Å². The summed E-state index contributed by atoms with van der Waals surface area (Å²) >= 11 is 1.41. The van der Waals surface area contributed by atoms with Gasteiger partial charge in [0.25, 0.3) is 5.91 Å². The van der Waals surface area contributed by atoms with Gasteiger partial charge in [0.05, 0.1) is 19.7 Å². The first-order valence-electron chi connectivity index (χ1n) is 7.47. The fourth-order valence-corrected chi connectivity index (χ4v) is 2.99. The summed E-state index contributed by atoms with van der Waals surface area (Å²) < 4.78 is 10.1. The normalized spacial score (nSPS) is 15.2. The Hall–Kier alpha value is -2.49. The number of anilines is 1. The second-order valence-corrected chi connectivity index (χ2v) is 5.94. The minimum Gasteiger partial charge on any atom is -0.467 e. The average Bonchev–Trinajstić information content (AvgIpc) is 3.16. The van der Waals surface area contributed by atoms with Crippen molar-refractivity contribution < 1.29 is 14.3 Å². The van der Waals surface area contributed by atoms with Crippen molar-refractivity contribution in [2.75, 3.05) is 32.2 Å². The van der Waals surface area contributed by atoms with Gasteiger partial charge in [-0.05, 0) is 12.8 Å². The number of nitrogens with one attached hydrogen (secondary N) is 1. The van der Waals surface area contributed by atoms with E-state index < -0.39 is 0 Å². The van der Waals surface area contributed by atoms with Gasteiger partial charge in [-0.1, -0.05) is 0 Å². The van der Waals surface area contributed by atoms with Crippen LogP contribution < -0.4 is 19.7 Å². The lowest BCUT2D eigenvalue weighted by Crippen LogP contribution is -2.45. The van der Waals surface area contributed by atoms with Gasteiger partial charge in [0.15, 0.2) is 0 Å². The molecule has 0 atom stereocenters. The van der Waals surface area contributed by atoms with Gasteiger partial charge in [0.1, 0.15) is 5.69 Å². The number of hydrogen-bond acceptors (Lipinski definition) is 9. The van der Waals surface area contributed by atoms with Crippen molar-refractivity contribution in [3.63, 3.8) is 0 Å². The molecule has 0 radical (unpaired) electrons. The third kappa shape index (κ3) is 3.70. The van der Waals surface area contributed by atoms with Gasteiger partial charge in [-0.15, -0.1) is 16.3 Å². The zero-order valence-corrected chi connectivity index (χ0v) is 14.2. The van der Waals surface area contributed by atoms with Crippen molar-refractivity contribution >= 4 is 23.2 Å². The zero-order valence-electron chi connectivity index (χ0n) is 13.4. The lowest BCUT2D eigenvalue weighted by Gasteiger charge is -2.32. The molecule has 0 aliphatic carbocycles. The minimum absolute atomic E-state index is 0.112. The van der Waals surface area contributed by atoms with Crippen molar-refractivity contribution in [2.24, 2.45) is 0 Å². The summed E-state index contributed by atoms with van der Waals surface area (Å²) in [4.78, 5) is 30.6. The van der Waals surface area contributed by atoms with Gasteiger partial charge in [-0.2, -0.15) is 9.97 Å². The molecular formula is C14H18N6O3S. The molecule has 0 unspecified atom stereocenters. The Morgan fingerprint density at radius 2 is 1.88 bits per heavy atom. The topological polar surface area (TPSA) is 102 Å². The van der Waals surface area contributed by atoms with Crippen LogP contribution in [0, 0.1) is 0 Å². The van der Waals surface area contributed by atoms with E-state index in [-0.39, 0.29) is 24.0 Å². The van der Waals surface area contributed by atoms with E-state index in [9.17, 15) is 4.79 Å². The molecule has 128 valence electrons. The fourth-order valence-electron chi connectivity index (χ4n) is 2.46. The monoisotopic (exact) mass is 350 g/mol. The summed E-state index contributed by atoms with van der Waals surface area (Å²) in [6.45, 7) is 1.44. The molecule has 1 saturated heterocycles. The summed E-state index contributed by atoms with van der Waals surface area (Å²) in [6.07, 6.45) is 1.60. The van der Waals surface area contributed by atoms with Crippen molar-refractivity contribution in [3.8, 4) is 12.0 Å². The van der Waals surface area contributed by atoms with Gasteiger partial charge >= 0.3 is 12.0 Å². The maximum Gasteiger partial charge on any atom is 0.324 e. The van der Waals surface area contributed by atoms with E-state index in [0.29, 0.717) is 11.6 Å². The van der Waals surface area contributed by atoms with E-state index in [4.69, 9.17) is 9.47 Å². The minimum atomic E-state index is -0.127. The lowest BCUT2D eigenvalue weighted by molar-refractivity contribution is 0.0926. The molecular weight excluding hydrogens is 332 g/mol. The molecule has 10 heteroatoms. The molecule has 1 aliphatic heterocycles. The highest BCUT2D eigenvalue weighted by Gasteiger charge is 2.24. The van der Waals surface area contributed by atoms with Crippen LogP contribution in [0.3, 0.4) is 0 Å². The first kappa shape index (κ1) is 16.4. The Morgan fingerprint density at radius 1 is 1.21 bits per heavy atom. The predicted octanol–water partition coefficient (Wildman–Crippen LogP) is 0.744. The SMILES string of the molecule is COc1nc(OC)nc(N2CCC(NC(=O)c3cscn3)CC2)n1. The number of aromatic nitrogens is 4. The molecule has 1 aliphatic rings. The smallest absolute Gasteiger partial charge is 0.324 e. The first-order valence-corrected chi connectivity index (χ1v) is 8.42. The van der Waals surface area contributed by atoms with Crippen LogP contribution in [-0.2, 0) is 0 Å². The summed E-state index contributed by atoms with van der Waals surface area (Å²) in [7, 11) is 3.00. The molecule has 1 amide bonds. The Labute approximate surface area is 143 Å². The van der Waals surface area contributed by atoms with Crippen LogP contribution in [0.25, 0.3) is 0 Å².